The third kappa shape index (κ3) is 5.37. The molecule has 2 aromatic rings. The van der Waals surface area contributed by atoms with Gasteiger partial charge in [0, 0.05) is 43.6 Å². The van der Waals surface area contributed by atoms with Gasteiger partial charge in [-0.25, -0.2) is 0 Å². The highest BCUT2D eigenvalue weighted by atomic mass is 16.5. The summed E-state index contributed by atoms with van der Waals surface area (Å²) in [5.74, 6) is 1.51. The van der Waals surface area contributed by atoms with Crippen LogP contribution < -0.4 is 15.4 Å². The summed E-state index contributed by atoms with van der Waals surface area (Å²) in [5.41, 5.74) is 3.10. The number of ether oxygens (including phenoxy) is 1. The topological polar surface area (TPSA) is 66.5 Å². The molecule has 2 aliphatic rings. The van der Waals surface area contributed by atoms with Gasteiger partial charge in [0.1, 0.15) is 5.75 Å². The van der Waals surface area contributed by atoms with Crippen LogP contribution in [0.4, 0.5) is 0 Å². The van der Waals surface area contributed by atoms with E-state index in [0.29, 0.717) is 5.92 Å². The van der Waals surface area contributed by atoms with Gasteiger partial charge in [0.15, 0.2) is 0 Å². The third-order valence-corrected chi connectivity index (χ3v) is 6.27. The van der Waals surface area contributed by atoms with E-state index in [-0.39, 0.29) is 11.9 Å². The van der Waals surface area contributed by atoms with Crippen molar-refractivity contribution < 1.29 is 9.53 Å². The second kappa shape index (κ2) is 10.0. The zero-order valence-corrected chi connectivity index (χ0v) is 17.8. The smallest absolute Gasteiger partial charge is 0.251 e. The van der Waals surface area contributed by atoms with Gasteiger partial charge in [-0.05, 0) is 80.1 Å². The number of rotatable bonds is 7. The number of methoxy groups -OCH3 is 1. The van der Waals surface area contributed by atoms with Crippen LogP contribution in [-0.2, 0) is 13.0 Å². The predicted octanol–water partition coefficient (Wildman–Crippen LogP) is 2.64. The Labute approximate surface area is 179 Å². The van der Waals surface area contributed by atoms with Gasteiger partial charge in [0.05, 0.1) is 7.11 Å². The van der Waals surface area contributed by atoms with E-state index >= 15 is 0 Å². The van der Waals surface area contributed by atoms with Crippen LogP contribution in [0.25, 0.3) is 0 Å². The molecule has 1 amide bonds. The van der Waals surface area contributed by atoms with E-state index < -0.39 is 0 Å². The molecule has 3 heterocycles. The number of amides is 1. The van der Waals surface area contributed by atoms with Gasteiger partial charge in [0.25, 0.3) is 5.91 Å². The summed E-state index contributed by atoms with van der Waals surface area (Å²) in [4.78, 5) is 19.5. The number of carbonyl (C=O) groups excluding carboxylic acids is 1. The number of benzene rings is 1. The highest BCUT2D eigenvalue weighted by Gasteiger charge is 2.22. The first-order valence-corrected chi connectivity index (χ1v) is 11.0. The number of nitrogens with zero attached hydrogens (tertiary/aromatic N) is 2. The van der Waals surface area contributed by atoms with Gasteiger partial charge in [-0.1, -0.05) is 6.07 Å². The fourth-order valence-electron chi connectivity index (χ4n) is 4.53. The van der Waals surface area contributed by atoms with Crippen LogP contribution in [0.15, 0.2) is 42.7 Å². The molecule has 0 aliphatic carbocycles. The molecule has 2 aliphatic heterocycles. The van der Waals surface area contributed by atoms with E-state index in [1.165, 1.54) is 12.0 Å². The lowest BCUT2D eigenvalue weighted by atomic mass is 9.96. The zero-order valence-electron chi connectivity index (χ0n) is 17.8. The second-order valence-corrected chi connectivity index (χ2v) is 8.47. The minimum atomic E-state index is 0.0224. The van der Waals surface area contributed by atoms with Crippen LogP contribution in [0.1, 0.15) is 40.7 Å². The number of likely N-dealkylation sites (tertiary alicyclic amines) is 1. The Kier molecular flexibility index (Phi) is 6.97. The average molecular weight is 409 g/mol. The monoisotopic (exact) mass is 408 g/mol. The van der Waals surface area contributed by atoms with Crippen LogP contribution in [-0.4, -0.2) is 55.1 Å². The SMILES string of the molecule is COc1ccc(C(=O)NC2CCN(Cc3cccnc3)CC2)cc1CC1CCNC1. The molecule has 1 atom stereocenters. The second-order valence-electron chi connectivity index (χ2n) is 8.47. The summed E-state index contributed by atoms with van der Waals surface area (Å²) >= 11 is 0. The Bertz CT molecular complexity index is 828. The van der Waals surface area contributed by atoms with E-state index in [4.69, 9.17) is 4.74 Å². The Balaban J connectivity index is 1.31. The molecule has 1 aromatic carbocycles. The molecular formula is C24H32N4O2. The van der Waals surface area contributed by atoms with E-state index in [9.17, 15) is 4.79 Å². The molecule has 6 nitrogen and oxygen atoms in total. The fourth-order valence-corrected chi connectivity index (χ4v) is 4.53. The number of hydrogen-bond acceptors (Lipinski definition) is 5. The minimum absolute atomic E-state index is 0.0224. The maximum absolute atomic E-state index is 12.9. The molecule has 6 heteroatoms. The summed E-state index contributed by atoms with van der Waals surface area (Å²) in [5, 5.41) is 6.66. The van der Waals surface area contributed by atoms with E-state index in [1.807, 2.05) is 30.5 Å². The Morgan fingerprint density at radius 3 is 2.83 bits per heavy atom. The normalized spacial score (nSPS) is 20.2. The van der Waals surface area contributed by atoms with Crippen LogP contribution >= 0.6 is 0 Å². The first kappa shape index (κ1) is 20.8. The van der Waals surface area contributed by atoms with Gasteiger partial charge in [0.2, 0.25) is 0 Å². The lowest BCUT2D eigenvalue weighted by Gasteiger charge is -2.32. The van der Waals surface area contributed by atoms with Gasteiger partial charge in [-0.15, -0.1) is 0 Å². The first-order chi connectivity index (χ1) is 14.7. The van der Waals surface area contributed by atoms with Crippen LogP contribution in [0.5, 0.6) is 5.75 Å². The van der Waals surface area contributed by atoms with Crippen molar-refractivity contribution in [3.63, 3.8) is 0 Å². The lowest BCUT2D eigenvalue weighted by molar-refractivity contribution is 0.0908. The highest BCUT2D eigenvalue weighted by Crippen LogP contribution is 2.25. The van der Waals surface area contributed by atoms with Gasteiger partial charge in [-0.3, -0.25) is 14.7 Å². The van der Waals surface area contributed by atoms with Gasteiger partial charge >= 0.3 is 0 Å². The van der Waals surface area contributed by atoms with Crippen LogP contribution in [0, 0.1) is 5.92 Å². The number of pyridine rings is 1. The van der Waals surface area contributed by atoms with Crippen molar-refractivity contribution in [2.45, 2.75) is 38.3 Å². The molecule has 0 bridgehead atoms. The van der Waals surface area contributed by atoms with Gasteiger partial charge < -0.3 is 15.4 Å². The van der Waals surface area contributed by atoms with Crippen molar-refractivity contribution in [2.24, 2.45) is 5.92 Å². The quantitative estimate of drug-likeness (QED) is 0.737. The molecule has 2 saturated heterocycles. The summed E-state index contributed by atoms with van der Waals surface area (Å²) in [6, 6.07) is 10.2. The Morgan fingerprint density at radius 1 is 1.27 bits per heavy atom. The Hall–Kier alpha value is -2.44. The number of piperidine rings is 1. The zero-order chi connectivity index (χ0) is 20.8. The molecule has 2 fully saturated rings. The maximum atomic E-state index is 12.9. The fraction of sp³-hybridized carbons (Fsp3) is 0.500. The molecular weight excluding hydrogens is 376 g/mol. The molecule has 0 saturated carbocycles. The third-order valence-electron chi connectivity index (χ3n) is 6.27. The summed E-state index contributed by atoms with van der Waals surface area (Å²) in [6.45, 7) is 5.01. The van der Waals surface area contributed by atoms with E-state index in [1.54, 1.807) is 13.3 Å². The molecule has 160 valence electrons. The van der Waals surface area contributed by atoms with Crippen molar-refractivity contribution in [3.05, 3.63) is 59.4 Å². The number of aromatic nitrogens is 1. The van der Waals surface area contributed by atoms with E-state index in [2.05, 4.69) is 26.6 Å². The highest BCUT2D eigenvalue weighted by molar-refractivity contribution is 5.94. The standard InChI is InChI=1S/C24H32N4O2/c1-30-23-5-4-20(14-21(23)13-18-6-10-26-15-18)24(29)27-22-7-11-28(12-8-22)17-19-3-2-9-25-16-19/h2-5,9,14,16,18,22,26H,6-8,10-13,15,17H2,1H3,(H,27,29). The molecule has 0 spiro atoms. The molecule has 1 unspecified atom stereocenters. The van der Waals surface area contributed by atoms with Crippen molar-refractivity contribution in [3.8, 4) is 5.75 Å². The summed E-state index contributed by atoms with van der Waals surface area (Å²) in [7, 11) is 1.70. The maximum Gasteiger partial charge on any atom is 0.251 e. The van der Waals surface area contributed by atoms with Crippen LogP contribution in [0.2, 0.25) is 0 Å². The van der Waals surface area contributed by atoms with Crippen molar-refractivity contribution in [1.82, 2.24) is 20.5 Å². The number of hydrogen-bond donors (Lipinski definition) is 2. The molecule has 30 heavy (non-hydrogen) atoms. The van der Waals surface area contributed by atoms with Crippen molar-refractivity contribution >= 4 is 5.91 Å². The van der Waals surface area contributed by atoms with Gasteiger partial charge in [-0.2, -0.15) is 0 Å². The van der Waals surface area contributed by atoms with Crippen molar-refractivity contribution in [2.75, 3.05) is 33.3 Å². The summed E-state index contributed by atoms with van der Waals surface area (Å²) < 4.78 is 5.54. The predicted molar refractivity (Wildman–Crippen MR) is 118 cm³/mol. The van der Waals surface area contributed by atoms with Crippen LogP contribution in [0.3, 0.4) is 0 Å². The summed E-state index contributed by atoms with van der Waals surface area (Å²) in [6.07, 6.45) is 7.81. The lowest BCUT2D eigenvalue weighted by Crippen LogP contribution is -2.44. The molecule has 2 N–H and O–H groups in total. The Morgan fingerprint density at radius 2 is 2.13 bits per heavy atom. The molecule has 1 aromatic heterocycles. The minimum Gasteiger partial charge on any atom is -0.496 e. The average Bonchev–Trinajstić information content (AvgIpc) is 3.29. The number of carbonyl (C=O) groups is 1. The number of nitrogens with one attached hydrogen (secondary N) is 2. The molecule has 0 radical (unpaired) electrons. The molecule has 4 rings (SSSR count). The largest absolute Gasteiger partial charge is 0.496 e. The van der Waals surface area contributed by atoms with E-state index in [0.717, 1.165) is 68.9 Å². The first-order valence-electron chi connectivity index (χ1n) is 11.0. The van der Waals surface area contributed by atoms with Crippen molar-refractivity contribution in [1.29, 1.82) is 0 Å².